The second-order valence-electron chi connectivity index (χ2n) is 7.45. The molecule has 142 valence electrons. The Labute approximate surface area is 162 Å². The largest absolute Gasteiger partial charge is 0.391 e. The van der Waals surface area contributed by atoms with E-state index in [2.05, 4.69) is 28.6 Å². The van der Waals surface area contributed by atoms with E-state index in [9.17, 15) is 5.11 Å². The van der Waals surface area contributed by atoms with Crippen molar-refractivity contribution in [1.82, 2.24) is 20.3 Å². The van der Waals surface area contributed by atoms with Gasteiger partial charge in [-0.15, -0.1) is 16.4 Å². The van der Waals surface area contributed by atoms with Crippen LogP contribution in [-0.4, -0.2) is 38.9 Å². The van der Waals surface area contributed by atoms with Crippen molar-refractivity contribution >= 4 is 22.9 Å². The molecule has 2 aliphatic heterocycles. The summed E-state index contributed by atoms with van der Waals surface area (Å²) in [4.78, 5) is 1.28. The van der Waals surface area contributed by atoms with E-state index in [1.807, 2.05) is 13.1 Å². The summed E-state index contributed by atoms with van der Waals surface area (Å²) in [5.41, 5.74) is 1.93. The van der Waals surface area contributed by atoms with Gasteiger partial charge in [0.1, 0.15) is 5.60 Å². The molecule has 2 N–H and O–H groups in total. The molecule has 4 rings (SSSR count). The number of hydrogen-bond acceptors (Lipinski definition) is 6. The highest BCUT2D eigenvalue weighted by atomic mass is 35.5. The fourth-order valence-corrected chi connectivity index (χ4v) is 5.62. The molecule has 2 aromatic heterocycles. The smallest absolute Gasteiger partial charge is 0.106 e. The van der Waals surface area contributed by atoms with Crippen LogP contribution in [0.5, 0.6) is 0 Å². The molecule has 0 amide bonds. The topological polar surface area (TPSA) is 72.2 Å². The summed E-state index contributed by atoms with van der Waals surface area (Å²) in [6.45, 7) is 5.35. The molecular weight excluding hydrogens is 372 g/mol. The molecule has 8 heteroatoms. The number of thiophene rings is 1. The Kier molecular flexibility index (Phi) is 5.09. The number of halogens is 1. The first-order valence-electron chi connectivity index (χ1n) is 9.26. The number of fused-ring (bicyclic) bond motifs is 2. The Morgan fingerprint density at radius 1 is 1.54 bits per heavy atom. The molecule has 1 saturated heterocycles. The molecule has 1 unspecified atom stereocenters. The summed E-state index contributed by atoms with van der Waals surface area (Å²) in [7, 11) is 0. The first kappa shape index (κ1) is 18.4. The number of hydrogen-bond donors (Lipinski definition) is 2. The van der Waals surface area contributed by atoms with Gasteiger partial charge in [0, 0.05) is 17.3 Å². The number of rotatable bonds is 4. The molecule has 2 aliphatic rings. The van der Waals surface area contributed by atoms with Crippen LogP contribution in [0.2, 0.25) is 4.34 Å². The molecule has 1 spiro atoms. The van der Waals surface area contributed by atoms with Crippen LogP contribution < -0.4 is 5.32 Å². The summed E-state index contributed by atoms with van der Waals surface area (Å²) in [5, 5.41) is 22.0. The molecule has 0 aromatic carbocycles. The molecule has 0 aliphatic carbocycles. The monoisotopic (exact) mass is 396 g/mol. The van der Waals surface area contributed by atoms with Crippen molar-refractivity contribution in [3.63, 3.8) is 0 Å². The Hall–Kier alpha value is -0.990. The Bertz CT molecular complexity index is 779. The van der Waals surface area contributed by atoms with E-state index >= 15 is 0 Å². The number of nitrogens with zero attached hydrogens (tertiary/aromatic N) is 3. The van der Waals surface area contributed by atoms with Gasteiger partial charge < -0.3 is 15.2 Å². The predicted molar refractivity (Wildman–Crippen MR) is 102 cm³/mol. The lowest BCUT2D eigenvalue weighted by molar-refractivity contribution is -0.0957. The second kappa shape index (κ2) is 7.20. The minimum absolute atomic E-state index is 0.0677. The minimum atomic E-state index is -0.397. The van der Waals surface area contributed by atoms with Crippen molar-refractivity contribution in [3.8, 4) is 0 Å². The van der Waals surface area contributed by atoms with Crippen molar-refractivity contribution in [2.45, 2.75) is 69.9 Å². The molecule has 2 aromatic rings. The average Bonchev–Trinajstić information content (AvgIpc) is 3.21. The highest BCUT2D eigenvalue weighted by Gasteiger charge is 2.46. The van der Waals surface area contributed by atoms with Crippen LogP contribution in [0.3, 0.4) is 0 Å². The SMILES string of the molecule is CCC(O)Cn1cc([C@@H]2C[C@]3(C[C@H](C)N2)OCCc2cc(Cl)sc23)nn1. The van der Waals surface area contributed by atoms with E-state index in [1.165, 1.54) is 10.4 Å². The van der Waals surface area contributed by atoms with Gasteiger partial charge >= 0.3 is 0 Å². The molecule has 0 bridgehead atoms. The summed E-state index contributed by atoms with van der Waals surface area (Å²) in [6, 6.07) is 2.46. The minimum Gasteiger partial charge on any atom is -0.391 e. The number of ether oxygens (including phenoxy) is 1. The Balaban J connectivity index is 1.60. The molecule has 6 nitrogen and oxygen atoms in total. The molecule has 26 heavy (non-hydrogen) atoms. The first-order chi connectivity index (χ1) is 12.5. The average molecular weight is 397 g/mol. The number of aliphatic hydroxyl groups is 1. The third kappa shape index (κ3) is 3.43. The number of nitrogens with one attached hydrogen (secondary N) is 1. The van der Waals surface area contributed by atoms with E-state index in [0.29, 0.717) is 19.0 Å². The van der Waals surface area contributed by atoms with Crippen molar-refractivity contribution in [2.75, 3.05) is 6.61 Å². The van der Waals surface area contributed by atoms with E-state index in [1.54, 1.807) is 16.0 Å². The predicted octanol–water partition coefficient (Wildman–Crippen LogP) is 3.05. The lowest BCUT2D eigenvalue weighted by Crippen LogP contribution is -2.49. The zero-order valence-corrected chi connectivity index (χ0v) is 16.7. The van der Waals surface area contributed by atoms with Crippen LogP contribution in [0, 0.1) is 0 Å². The van der Waals surface area contributed by atoms with E-state index in [0.717, 1.165) is 35.9 Å². The van der Waals surface area contributed by atoms with Crippen LogP contribution in [0.15, 0.2) is 12.3 Å². The summed E-state index contributed by atoms with van der Waals surface area (Å²) >= 11 is 7.96. The lowest BCUT2D eigenvalue weighted by Gasteiger charge is -2.45. The number of aromatic nitrogens is 3. The van der Waals surface area contributed by atoms with Gasteiger partial charge in [-0.2, -0.15) is 0 Å². The molecule has 0 saturated carbocycles. The van der Waals surface area contributed by atoms with Gasteiger partial charge in [0.15, 0.2) is 0 Å². The molecule has 4 heterocycles. The fraction of sp³-hybridized carbons (Fsp3) is 0.667. The highest BCUT2D eigenvalue weighted by molar-refractivity contribution is 7.16. The Morgan fingerprint density at radius 2 is 2.38 bits per heavy atom. The third-order valence-electron chi connectivity index (χ3n) is 5.38. The van der Waals surface area contributed by atoms with Gasteiger partial charge in [-0.1, -0.05) is 23.7 Å². The lowest BCUT2D eigenvalue weighted by atomic mass is 9.79. The molecule has 1 fully saturated rings. The van der Waals surface area contributed by atoms with Gasteiger partial charge in [-0.25, -0.2) is 4.68 Å². The van der Waals surface area contributed by atoms with Gasteiger partial charge in [0.2, 0.25) is 0 Å². The quantitative estimate of drug-likeness (QED) is 0.831. The summed E-state index contributed by atoms with van der Waals surface area (Å²) < 4.78 is 8.94. The van der Waals surface area contributed by atoms with E-state index < -0.39 is 6.10 Å². The summed E-state index contributed by atoms with van der Waals surface area (Å²) in [5.74, 6) is 0. The maximum atomic E-state index is 9.85. The van der Waals surface area contributed by atoms with Gasteiger partial charge in [-0.3, -0.25) is 0 Å². The van der Waals surface area contributed by atoms with Crippen molar-refractivity contribution in [3.05, 3.63) is 32.7 Å². The van der Waals surface area contributed by atoms with Gasteiger partial charge in [-0.05, 0) is 37.8 Å². The summed E-state index contributed by atoms with van der Waals surface area (Å²) in [6.07, 6.45) is 4.91. The highest BCUT2D eigenvalue weighted by Crippen LogP contribution is 2.49. The van der Waals surface area contributed by atoms with Crippen LogP contribution in [0.25, 0.3) is 0 Å². The van der Waals surface area contributed by atoms with E-state index in [-0.39, 0.29) is 11.6 Å². The van der Waals surface area contributed by atoms with Crippen molar-refractivity contribution in [1.29, 1.82) is 0 Å². The van der Waals surface area contributed by atoms with Gasteiger partial charge in [0.25, 0.3) is 0 Å². The second-order valence-corrected chi connectivity index (χ2v) is 9.14. The van der Waals surface area contributed by atoms with Crippen molar-refractivity contribution in [2.24, 2.45) is 0 Å². The molecular formula is C18H25ClN4O2S. The maximum Gasteiger partial charge on any atom is 0.106 e. The van der Waals surface area contributed by atoms with Crippen molar-refractivity contribution < 1.29 is 9.84 Å². The number of aliphatic hydroxyl groups excluding tert-OH is 1. The Morgan fingerprint density at radius 3 is 3.19 bits per heavy atom. The fourth-order valence-electron chi connectivity index (χ4n) is 4.16. The van der Waals surface area contributed by atoms with Crippen LogP contribution in [-0.2, 0) is 23.3 Å². The van der Waals surface area contributed by atoms with Crippen LogP contribution in [0.4, 0.5) is 0 Å². The zero-order valence-electron chi connectivity index (χ0n) is 15.1. The number of piperidine rings is 1. The molecule has 0 radical (unpaired) electrons. The van der Waals surface area contributed by atoms with E-state index in [4.69, 9.17) is 16.3 Å². The molecule has 4 atom stereocenters. The van der Waals surface area contributed by atoms with Gasteiger partial charge in [0.05, 0.1) is 41.5 Å². The third-order valence-corrected chi connectivity index (χ3v) is 6.87. The van der Waals surface area contributed by atoms with Crippen LogP contribution in [0.1, 0.15) is 55.3 Å². The normalized spacial score (nSPS) is 29.7. The standard InChI is InChI=1S/C18H25ClN4O2S/c1-3-13(24)9-23-10-15(21-22-23)14-8-18(7-11(2)20-14)17-12(4-5-25-18)6-16(19)26-17/h6,10-11,13-14,20,24H,3-5,7-9H2,1-2H3/t11-,13?,14-,18-/m0/s1. The van der Waals surface area contributed by atoms with Crippen LogP contribution >= 0.6 is 22.9 Å². The maximum absolute atomic E-state index is 9.85. The first-order valence-corrected chi connectivity index (χ1v) is 10.5. The zero-order chi connectivity index (χ0) is 18.3.